The summed E-state index contributed by atoms with van der Waals surface area (Å²) in [5.41, 5.74) is 1.04. The van der Waals surface area contributed by atoms with Crippen LogP contribution >= 0.6 is 0 Å². The molecule has 3 aromatic rings. The molecule has 0 amide bonds. The average molecular weight is 443 g/mol. The monoisotopic (exact) mass is 443 g/mol. The van der Waals surface area contributed by atoms with Crippen LogP contribution in [0.4, 0.5) is 0 Å². The molecule has 20 heavy (non-hydrogen) atoms. The molecule has 0 aliphatic carbocycles. The van der Waals surface area contributed by atoms with Gasteiger partial charge >= 0.3 is 0 Å². The van der Waals surface area contributed by atoms with E-state index < -0.39 is 0 Å². The summed E-state index contributed by atoms with van der Waals surface area (Å²) >= 11 is 0. The van der Waals surface area contributed by atoms with Crippen LogP contribution < -0.4 is 0 Å². The minimum absolute atomic E-state index is 0. The van der Waals surface area contributed by atoms with Gasteiger partial charge in [0, 0.05) is 26.3 Å². The average Bonchev–Trinajstić information content (AvgIpc) is 2.87. The molecule has 0 atom stereocenters. The van der Waals surface area contributed by atoms with E-state index in [1.165, 1.54) is 0 Å². The molecule has 0 unspecified atom stereocenters. The van der Waals surface area contributed by atoms with Gasteiger partial charge in [-0.3, -0.25) is 5.10 Å². The van der Waals surface area contributed by atoms with Crippen LogP contribution in [0.3, 0.4) is 0 Å². The summed E-state index contributed by atoms with van der Waals surface area (Å²) in [5, 5.41) is 6.85. The molecule has 2 heterocycles. The third-order valence-electron chi connectivity index (χ3n) is 3.15. The summed E-state index contributed by atoms with van der Waals surface area (Å²) in [4.78, 5) is 4.44. The Morgan fingerprint density at radius 1 is 1.10 bits per heavy atom. The van der Waals surface area contributed by atoms with Crippen LogP contribution in [-0.2, 0) is 25.5 Å². The topological polar surface area (TPSA) is 30.7 Å². The van der Waals surface area contributed by atoms with Crippen molar-refractivity contribution in [1.29, 1.82) is 0 Å². The van der Waals surface area contributed by atoms with Crippen LogP contribution in [0.1, 0.15) is 26.5 Å². The molecule has 0 N–H and O–H groups in total. The number of aromatic nitrogens is 3. The van der Waals surface area contributed by atoms with Crippen molar-refractivity contribution in [1.82, 2.24) is 14.8 Å². The maximum atomic E-state index is 4.60. The normalized spacial score (nSPS) is 11.3. The Bertz CT molecular complexity index is 720. The second-order valence-corrected chi connectivity index (χ2v) is 5.68. The summed E-state index contributed by atoms with van der Waals surface area (Å²) in [6.07, 6.45) is 4.97. The van der Waals surface area contributed by atoms with Crippen molar-refractivity contribution in [3.05, 3.63) is 54.5 Å². The van der Waals surface area contributed by atoms with Gasteiger partial charge in [0.05, 0.1) is 5.82 Å². The first-order chi connectivity index (χ1) is 9.05. The van der Waals surface area contributed by atoms with Crippen LogP contribution in [-0.4, -0.2) is 14.8 Å². The third kappa shape index (κ3) is 2.67. The van der Waals surface area contributed by atoms with E-state index in [4.69, 9.17) is 0 Å². The number of pyridine rings is 1. The van der Waals surface area contributed by atoms with Crippen molar-refractivity contribution in [3.8, 4) is 5.82 Å². The molecule has 0 aliphatic rings. The summed E-state index contributed by atoms with van der Waals surface area (Å²) < 4.78 is 1.74. The molecular weight excluding hydrogens is 426 g/mol. The smallest absolute Gasteiger partial charge is 0.0598 e. The quantitative estimate of drug-likeness (QED) is 0.540. The van der Waals surface area contributed by atoms with E-state index in [0.717, 1.165) is 22.3 Å². The van der Waals surface area contributed by atoms with Gasteiger partial charge in [0.15, 0.2) is 0 Å². The van der Waals surface area contributed by atoms with Gasteiger partial charge in [-0.25, -0.2) is 0 Å². The van der Waals surface area contributed by atoms with Gasteiger partial charge in [-0.05, 0) is 27.9 Å². The van der Waals surface area contributed by atoms with E-state index in [1.54, 1.807) is 4.68 Å². The molecule has 0 bridgehead atoms. The Hall–Kier alpha value is -1.51. The fourth-order valence-corrected chi connectivity index (χ4v) is 2.04. The molecule has 3 rings (SSSR count). The molecule has 0 saturated carbocycles. The van der Waals surface area contributed by atoms with Gasteiger partial charge < -0.3 is 9.67 Å². The van der Waals surface area contributed by atoms with Crippen LogP contribution in [0.5, 0.6) is 0 Å². The Labute approximate surface area is 132 Å². The van der Waals surface area contributed by atoms with Crippen LogP contribution in [0.15, 0.2) is 42.6 Å². The fourth-order valence-electron chi connectivity index (χ4n) is 2.04. The summed E-state index contributed by atoms with van der Waals surface area (Å²) in [7, 11) is 0. The van der Waals surface area contributed by atoms with E-state index in [-0.39, 0.29) is 25.5 Å². The zero-order valence-electron chi connectivity index (χ0n) is 11.7. The van der Waals surface area contributed by atoms with Gasteiger partial charge in [-0.2, -0.15) is 0 Å². The summed E-state index contributed by atoms with van der Waals surface area (Å²) in [6, 6.07) is 12.1. The minimum atomic E-state index is 0. The number of benzene rings is 1. The van der Waals surface area contributed by atoms with Crippen LogP contribution in [0, 0.1) is 6.20 Å². The van der Waals surface area contributed by atoms with Crippen molar-refractivity contribution < 1.29 is 20.1 Å². The minimum Gasteiger partial charge on any atom is -0.343 e. The van der Waals surface area contributed by atoms with E-state index in [0.29, 0.717) is 0 Å². The Balaban J connectivity index is 0.00000147. The molecule has 2 aromatic heterocycles. The summed E-state index contributed by atoms with van der Waals surface area (Å²) in [5.74, 6) is 0.827. The Morgan fingerprint density at radius 3 is 2.55 bits per heavy atom. The molecule has 1 radical (unpaired) electrons. The second-order valence-electron chi connectivity index (χ2n) is 5.68. The molecule has 0 saturated heterocycles. The Morgan fingerprint density at radius 2 is 1.85 bits per heavy atom. The van der Waals surface area contributed by atoms with Gasteiger partial charge in [-0.1, -0.05) is 51.2 Å². The standard InChI is InChI=1S/C16H16N3.Ir/c1-16(2,3)14-9-11-19(18-14)15-13-7-5-4-6-12(13)8-10-17-15;/h4-10H,1-3H3;/q-1;. The van der Waals surface area contributed by atoms with Crippen molar-refractivity contribution in [3.63, 3.8) is 0 Å². The first kappa shape index (κ1) is 14.9. The number of fused-ring (bicyclic) bond motifs is 1. The first-order valence-electron chi connectivity index (χ1n) is 6.38. The zero-order valence-corrected chi connectivity index (χ0v) is 14.1. The SMILES string of the molecule is CC(C)(C)c1c[c-]n(-c2nccc3ccccc23)n1.[Ir]. The molecule has 4 heteroatoms. The molecule has 105 valence electrons. The Kier molecular flexibility index (Phi) is 4.07. The van der Waals surface area contributed by atoms with Gasteiger partial charge in [0.25, 0.3) is 0 Å². The predicted octanol–water partition coefficient (Wildman–Crippen LogP) is 3.52. The third-order valence-corrected chi connectivity index (χ3v) is 3.15. The number of hydrogen-bond donors (Lipinski definition) is 0. The van der Waals surface area contributed by atoms with Crippen molar-refractivity contribution >= 4 is 10.8 Å². The van der Waals surface area contributed by atoms with Crippen molar-refractivity contribution in [2.24, 2.45) is 0 Å². The van der Waals surface area contributed by atoms with E-state index in [2.05, 4.69) is 49.2 Å². The van der Waals surface area contributed by atoms with Crippen LogP contribution in [0.25, 0.3) is 16.6 Å². The van der Waals surface area contributed by atoms with Crippen molar-refractivity contribution in [2.75, 3.05) is 0 Å². The number of hydrogen-bond acceptors (Lipinski definition) is 2. The first-order valence-corrected chi connectivity index (χ1v) is 6.38. The summed E-state index contributed by atoms with van der Waals surface area (Å²) in [6.45, 7) is 6.43. The van der Waals surface area contributed by atoms with Gasteiger partial charge in [0.1, 0.15) is 0 Å². The maximum absolute atomic E-state index is 4.60. The molecule has 1 aromatic carbocycles. The molecular formula is C16H16IrN3-. The molecule has 3 nitrogen and oxygen atoms in total. The van der Waals surface area contributed by atoms with Gasteiger partial charge in [-0.15, -0.1) is 6.07 Å². The fraction of sp³-hybridized carbons (Fsp3) is 0.250. The van der Waals surface area contributed by atoms with E-state index >= 15 is 0 Å². The molecule has 0 aliphatic heterocycles. The van der Waals surface area contributed by atoms with Crippen LogP contribution in [0.2, 0.25) is 0 Å². The second kappa shape index (κ2) is 5.47. The maximum Gasteiger partial charge on any atom is 0.0598 e. The number of nitrogens with zero attached hydrogens (tertiary/aromatic N) is 3. The zero-order chi connectivity index (χ0) is 13.5. The molecule has 0 fully saturated rings. The van der Waals surface area contributed by atoms with Gasteiger partial charge in [0.2, 0.25) is 0 Å². The molecule has 0 spiro atoms. The predicted molar refractivity (Wildman–Crippen MR) is 76.4 cm³/mol. The van der Waals surface area contributed by atoms with E-state index in [9.17, 15) is 0 Å². The van der Waals surface area contributed by atoms with E-state index in [1.807, 2.05) is 30.5 Å². The van der Waals surface area contributed by atoms with Crippen molar-refractivity contribution in [2.45, 2.75) is 26.2 Å². The largest absolute Gasteiger partial charge is 0.343 e. The number of rotatable bonds is 1.